The molecule has 0 saturated heterocycles. The lowest BCUT2D eigenvalue weighted by molar-refractivity contribution is -0.0874. The molecule has 15 heavy (non-hydrogen) atoms. The van der Waals surface area contributed by atoms with E-state index in [1.807, 2.05) is 6.20 Å². The molecule has 1 aromatic heterocycles. The molecule has 0 spiro atoms. The van der Waals surface area contributed by atoms with Gasteiger partial charge in [0.15, 0.2) is 0 Å². The lowest BCUT2D eigenvalue weighted by Crippen LogP contribution is -2.28. The van der Waals surface area contributed by atoms with Crippen molar-refractivity contribution in [1.82, 2.24) is 4.98 Å². The first-order valence-corrected chi connectivity index (χ1v) is 5.60. The summed E-state index contributed by atoms with van der Waals surface area (Å²) in [7, 11) is 0. The van der Waals surface area contributed by atoms with Gasteiger partial charge in [0.2, 0.25) is 0 Å². The summed E-state index contributed by atoms with van der Waals surface area (Å²) in [4.78, 5) is 4.45. The van der Waals surface area contributed by atoms with Gasteiger partial charge < -0.3 is 4.74 Å². The van der Waals surface area contributed by atoms with Gasteiger partial charge in [-0.1, -0.05) is 13.8 Å². The Morgan fingerprint density at radius 1 is 1.47 bits per heavy atom. The van der Waals surface area contributed by atoms with Crippen LogP contribution in [0.4, 0.5) is 0 Å². The van der Waals surface area contributed by atoms with Crippen LogP contribution in [0.3, 0.4) is 0 Å². The van der Waals surface area contributed by atoms with Gasteiger partial charge in [-0.05, 0) is 38.3 Å². The number of hydrogen-bond acceptors (Lipinski definition) is 2. The Morgan fingerprint density at radius 2 is 2.13 bits per heavy atom. The number of nitrogens with zero attached hydrogens (tertiary/aromatic N) is 1. The second-order valence-electron chi connectivity index (χ2n) is 4.91. The third kappa shape index (κ3) is 1.39. The number of aryl methyl sites for hydroxylation is 1. The summed E-state index contributed by atoms with van der Waals surface area (Å²) in [6.07, 6.45) is 1.99. The minimum absolute atomic E-state index is 0.118. The van der Waals surface area contributed by atoms with Crippen molar-refractivity contribution in [2.45, 2.75) is 46.3 Å². The third-order valence-electron chi connectivity index (χ3n) is 3.59. The molecule has 2 unspecified atom stereocenters. The zero-order chi connectivity index (χ0) is 11.2. The summed E-state index contributed by atoms with van der Waals surface area (Å²) < 4.78 is 6.10. The van der Waals surface area contributed by atoms with E-state index in [4.69, 9.17) is 4.74 Å². The molecule has 1 aliphatic rings. The fourth-order valence-electron chi connectivity index (χ4n) is 2.44. The van der Waals surface area contributed by atoms with E-state index in [1.165, 1.54) is 11.1 Å². The number of hydrogen-bond donors (Lipinski definition) is 0. The van der Waals surface area contributed by atoms with E-state index in [0.717, 1.165) is 5.69 Å². The molecule has 2 atom stereocenters. The summed E-state index contributed by atoms with van der Waals surface area (Å²) in [5, 5.41) is 0. The molecule has 1 aromatic rings. The van der Waals surface area contributed by atoms with Gasteiger partial charge in [-0.2, -0.15) is 0 Å². The van der Waals surface area contributed by atoms with Gasteiger partial charge >= 0.3 is 0 Å². The third-order valence-corrected chi connectivity index (χ3v) is 3.59. The standard InChI is InChI=1S/C13H19NO/c1-8(2)13(5)11-9(3)6-7-14-12(11)10(4)15-13/h6-8,10H,1-5H3. The summed E-state index contributed by atoms with van der Waals surface area (Å²) in [5.74, 6) is 0.462. The number of aromatic nitrogens is 1. The Bertz CT molecular complexity index is 386. The lowest BCUT2D eigenvalue weighted by Gasteiger charge is -2.30. The molecule has 0 bridgehead atoms. The highest BCUT2D eigenvalue weighted by Crippen LogP contribution is 2.47. The maximum absolute atomic E-state index is 6.10. The minimum Gasteiger partial charge on any atom is -0.361 e. The Kier molecular flexibility index (Phi) is 2.34. The molecule has 0 amide bonds. The van der Waals surface area contributed by atoms with Gasteiger partial charge in [0.25, 0.3) is 0 Å². The molecule has 0 aromatic carbocycles. The van der Waals surface area contributed by atoms with E-state index in [1.54, 1.807) is 0 Å². The average Bonchev–Trinajstić information content (AvgIpc) is 2.42. The second-order valence-corrected chi connectivity index (χ2v) is 4.91. The zero-order valence-corrected chi connectivity index (χ0v) is 10.2. The topological polar surface area (TPSA) is 22.1 Å². The normalized spacial score (nSPS) is 29.6. The van der Waals surface area contributed by atoms with Crippen molar-refractivity contribution in [3.63, 3.8) is 0 Å². The van der Waals surface area contributed by atoms with Crippen LogP contribution >= 0.6 is 0 Å². The largest absolute Gasteiger partial charge is 0.361 e. The van der Waals surface area contributed by atoms with Gasteiger partial charge in [0, 0.05) is 11.8 Å². The SMILES string of the molecule is Cc1ccnc2c1C(C)(C(C)C)OC2C. The van der Waals surface area contributed by atoms with E-state index in [0.29, 0.717) is 5.92 Å². The smallest absolute Gasteiger partial charge is 0.0982 e. The van der Waals surface area contributed by atoms with E-state index in [2.05, 4.69) is 45.7 Å². The predicted molar refractivity (Wildman–Crippen MR) is 60.7 cm³/mol. The molecule has 0 N–H and O–H groups in total. The van der Waals surface area contributed by atoms with Crippen LogP contribution in [-0.4, -0.2) is 4.98 Å². The first-order valence-electron chi connectivity index (χ1n) is 5.60. The molecule has 2 heteroatoms. The van der Waals surface area contributed by atoms with Crippen LogP contribution in [0, 0.1) is 12.8 Å². The molecule has 2 rings (SSSR count). The Morgan fingerprint density at radius 3 is 2.73 bits per heavy atom. The first-order chi connectivity index (χ1) is 6.97. The molecule has 0 radical (unpaired) electrons. The number of fused-ring (bicyclic) bond motifs is 1. The minimum atomic E-state index is -0.174. The van der Waals surface area contributed by atoms with Gasteiger partial charge in [-0.25, -0.2) is 0 Å². The molecule has 0 aliphatic carbocycles. The first kappa shape index (κ1) is 10.6. The van der Waals surface area contributed by atoms with Gasteiger partial charge in [0.1, 0.15) is 0 Å². The highest BCUT2D eigenvalue weighted by atomic mass is 16.5. The lowest BCUT2D eigenvalue weighted by atomic mass is 9.83. The summed E-state index contributed by atoms with van der Waals surface area (Å²) in [5.41, 5.74) is 3.53. The summed E-state index contributed by atoms with van der Waals surface area (Å²) in [6.45, 7) is 10.8. The highest BCUT2D eigenvalue weighted by molar-refractivity contribution is 5.39. The predicted octanol–water partition coefficient (Wildman–Crippen LogP) is 3.35. The Hall–Kier alpha value is -0.890. The van der Waals surface area contributed by atoms with Crippen molar-refractivity contribution in [2.75, 3.05) is 0 Å². The van der Waals surface area contributed by atoms with Crippen molar-refractivity contribution >= 4 is 0 Å². The van der Waals surface area contributed by atoms with E-state index < -0.39 is 0 Å². The van der Waals surface area contributed by atoms with Crippen LogP contribution in [-0.2, 0) is 10.3 Å². The molecule has 0 fully saturated rings. The number of pyridine rings is 1. The van der Waals surface area contributed by atoms with Crippen molar-refractivity contribution in [3.05, 3.63) is 29.1 Å². The Balaban J connectivity index is 2.63. The van der Waals surface area contributed by atoms with Gasteiger partial charge in [-0.3, -0.25) is 4.98 Å². The zero-order valence-electron chi connectivity index (χ0n) is 10.2. The monoisotopic (exact) mass is 205 g/mol. The van der Waals surface area contributed by atoms with Crippen molar-refractivity contribution in [2.24, 2.45) is 5.92 Å². The van der Waals surface area contributed by atoms with Crippen molar-refractivity contribution < 1.29 is 4.74 Å². The molecule has 2 heterocycles. The Labute approximate surface area is 91.7 Å². The van der Waals surface area contributed by atoms with E-state index in [9.17, 15) is 0 Å². The van der Waals surface area contributed by atoms with Crippen LogP contribution in [0.25, 0.3) is 0 Å². The molecule has 2 nitrogen and oxygen atoms in total. The van der Waals surface area contributed by atoms with Crippen molar-refractivity contribution in [3.8, 4) is 0 Å². The van der Waals surface area contributed by atoms with E-state index in [-0.39, 0.29) is 11.7 Å². The van der Waals surface area contributed by atoms with Crippen molar-refractivity contribution in [1.29, 1.82) is 0 Å². The fraction of sp³-hybridized carbons (Fsp3) is 0.615. The van der Waals surface area contributed by atoms with Gasteiger partial charge in [0.05, 0.1) is 17.4 Å². The summed E-state index contributed by atoms with van der Waals surface area (Å²) in [6, 6.07) is 2.07. The second kappa shape index (κ2) is 3.31. The molecular weight excluding hydrogens is 186 g/mol. The van der Waals surface area contributed by atoms with Crippen LogP contribution < -0.4 is 0 Å². The van der Waals surface area contributed by atoms with Crippen LogP contribution in [0.15, 0.2) is 12.3 Å². The van der Waals surface area contributed by atoms with Gasteiger partial charge in [-0.15, -0.1) is 0 Å². The number of rotatable bonds is 1. The van der Waals surface area contributed by atoms with E-state index >= 15 is 0 Å². The van der Waals surface area contributed by atoms with Crippen LogP contribution in [0.5, 0.6) is 0 Å². The van der Waals surface area contributed by atoms with Crippen LogP contribution in [0.2, 0.25) is 0 Å². The van der Waals surface area contributed by atoms with Crippen LogP contribution in [0.1, 0.15) is 50.6 Å². The molecular formula is C13H19NO. The fourth-order valence-corrected chi connectivity index (χ4v) is 2.44. The average molecular weight is 205 g/mol. The molecule has 82 valence electrons. The number of ether oxygens (including phenoxy) is 1. The quantitative estimate of drug-likeness (QED) is 0.701. The maximum Gasteiger partial charge on any atom is 0.0982 e. The highest BCUT2D eigenvalue weighted by Gasteiger charge is 2.43. The molecule has 0 saturated carbocycles. The molecule has 1 aliphatic heterocycles. The summed E-state index contributed by atoms with van der Waals surface area (Å²) >= 11 is 0. The maximum atomic E-state index is 6.10.